The van der Waals surface area contributed by atoms with Crippen LogP contribution in [0.1, 0.15) is 6.92 Å². The topological polar surface area (TPSA) is 70.2 Å². The second kappa shape index (κ2) is 6.51. The third-order valence-corrected chi connectivity index (χ3v) is 2.56. The fourth-order valence-electron chi connectivity index (χ4n) is 1.73. The Labute approximate surface area is 121 Å². The van der Waals surface area contributed by atoms with Gasteiger partial charge in [-0.25, -0.2) is 9.18 Å². The maximum Gasteiger partial charge on any atom is 0.323 e. The standard InChI is InChI=1S/C15H14FN3O2/c1-10(20)17-11-5-4-6-12(9-11)18-15(21)19-14-8-3-2-7-13(14)16/h2-9H,1H3,(H,17,20)(H2,18,19,21). The lowest BCUT2D eigenvalue weighted by Crippen LogP contribution is -2.20. The Morgan fingerprint density at radius 2 is 1.57 bits per heavy atom. The van der Waals surface area contributed by atoms with Crippen LogP contribution in [0.25, 0.3) is 0 Å². The van der Waals surface area contributed by atoms with E-state index in [2.05, 4.69) is 16.0 Å². The van der Waals surface area contributed by atoms with Crippen molar-refractivity contribution in [3.63, 3.8) is 0 Å². The van der Waals surface area contributed by atoms with Gasteiger partial charge in [-0.2, -0.15) is 0 Å². The van der Waals surface area contributed by atoms with E-state index >= 15 is 0 Å². The molecule has 5 nitrogen and oxygen atoms in total. The van der Waals surface area contributed by atoms with E-state index in [0.717, 1.165) is 0 Å². The first kappa shape index (κ1) is 14.5. The monoisotopic (exact) mass is 287 g/mol. The molecule has 0 aliphatic rings. The number of benzene rings is 2. The zero-order valence-corrected chi connectivity index (χ0v) is 11.3. The van der Waals surface area contributed by atoms with Gasteiger partial charge < -0.3 is 16.0 Å². The molecular weight excluding hydrogens is 273 g/mol. The number of carbonyl (C=O) groups excluding carboxylic acids is 2. The SMILES string of the molecule is CC(=O)Nc1cccc(NC(=O)Nc2ccccc2F)c1. The summed E-state index contributed by atoms with van der Waals surface area (Å²) in [6.45, 7) is 1.39. The summed E-state index contributed by atoms with van der Waals surface area (Å²) < 4.78 is 13.4. The van der Waals surface area contributed by atoms with Crippen LogP contribution in [-0.2, 0) is 4.79 Å². The van der Waals surface area contributed by atoms with E-state index < -0.39 is 11.8 Å². The van der Waals surface area contributed by atoms with Gasteiger partial charge in [0, 0.05) is 18.3 Å². The zero-order valence-electron chi connectivity index (χ0n) is 11.3. The van der Waals surface area contributed by atoms with Gasteiger partial charge in [0.2, 0.25) is 5.91 Å². The second-order valence-corrected chi connectivity index (χ2v) is 4.32. The number of urea groups is 1. The highest BCUT2D eigenvalue weighted by atomic mass is 19.1. The van der Waals surface area contributed by atoms with Gasteiger partial charge in [-0.15, -0.1) is 0 Å². The molecule has 0 aliphatic carbocycles. The Morgan fingerprint density at radius 3 is 2.24 bits per heavy atom. The second-order valence-electron chi connectivity index (χ2n) is 4.32. The lowest BCUT2D eigenvalue weighted by Gasteiger charge is -2.09. The van der Waals surface area contributed by atoms with Crippen molar-refractivity contribution < 1.29 is 14.0 Å². The van der Waals surface area contributed by atoms with Crippen LogP contribution in [0.15, 0.2) is 48.5 Å². The molecule has 108 valence electrons. The highest BCUT2D eigenvalue weighted by Crippen LogP contribution is 2.16. The minimum absolute atomic E-state index is 0.0908. The van der Waals surface area contributed by atoms with E-state index in [9.17, 15) is 14.0 Å². The lowest BCUT2D eigenvalue weighted by atomic mass is 10.2. The molecule has 0 aliphatic heterocycles. The highest BCUT2D eigenvalue weighted by molar-refractivity contribution is 6.00. The van der Waals surface area contributed by atoms with Crippen LogP contribution >= 0.6 is 0 Å². The Bertz CT molecular complexity index is 673. The van der Waals surface area contributed by atoms with Crippen molar-refractivity contribution in [2.24, 2.45) is 0 Å². The summed E-state index contributed by atoms with van der Waals surface area (Å²) in [5.41, 5.74) is 1.13. The summed E-state index contributed by atoms with van der Waals surface area (Å²) in [5.74, 6) is -0.720. The van der Waals surface area contributed by atoms with Crippen molar-refractivity contribution in [3.8, 4) is 0 Å². The molecule has 3 N–H and O–H groups in total. The molecule has 0 spiro atoms. The van der Waals surface area contributed by atoms with Crippen LogP contribution in [0.5, 0.6) is 0 Å². The minimum atomic E-state index is -0.569. The average Bonchev–Trinajstić information content (AvgIpc) is 2.41. The number of anilines is 3. The van der Waals surface area contributed by atoms with Gasteiger partial charge in [-0.05, 0) is 30.3 Å². The molecule has 0 radical (unpaired) electrons. The quantitative estimate of drug-likeness (QED) is 0.809. The van der Waals surface area contributed by atoms with Crippen molar-refractivity contribution >= 4 is 29.0 Å². The molecule has 2 aromatic rings. The molecule has 2 rings (SSSR count). The first-order valence-corrected chi connectivity index (χ1v) is 6.25. The lowest BCUT2D eigenvalue weighted by molar-refractivity contribution is -0.114. The predicted molar refractivity (Wildman–Crippen MR) is 79.8 cm³/mol. The molecule has 6 heteroatoms. The van der Waals surface area contributed by atoms with Crippen LogP contribution < -0.4 is 16.0 Å². The fraction of sp³-hybridized carbons (Fsp3) is 0.0667. The highest BCUT2D eigenvalue weighted by Gasteiger charge is 2.06. The molecule has 0 aromatic heterocycles. The van der Waals surface area contributed by atoms with Gasteiger partial charge in [-0.1, -0.05) is 18.2 Å². The maximum absolute atomic E-state index is 13.4. The van der Waals surface area contributed by atoms with E-state index in [1.807, 2.05) is 0 Å². The van der Waals surface area contributed by atoms with E-state index in [0.29, 0.717) is 11.4 Å². The number of carbonyl (C=O) groups is 2. The first-order chi connectivity index (χ1) is 10.0. The molecule has 0 bridgehead atoms. The molecule has 21 heavy (non-hydrogen) atoms. The summed E-state index contributed by atoms with van der Waals surface area (Å²) in [5, 5.41) is 7.58. The van der Waals surface area contributed by atoms with Gasteiger partial charge in [0.05, 0.1) is 5.69 Å². The largest absolute Gasteiger partial charge is 0.326 e. The molecule has 0 saturated carbocycles. The Morgan fingerprint density at radius 1 is 0.905 bits per heavy atom. The molecule has 0 heterocycles. The summed E-state index contributed by atoms with van der Waals surface area (Å²) >= 11 is 0. The summed E-state index contributed by atoms with van der Waals surface area (Å²) in [4.78, 5) is 22.8. The summed E-state index contributed by atoms with van der Waals surface area (Å²) in [6.07, 6.45) is 0. The predicted octanol–water partition coefficient (Wildman–Crippen LogP) is 3.43. The molecule has 0 saturated heterocycles. The van der Waals surface area contributed by atoms with E-state index in [-0.39, 0.29) is 11.6 Å². The molecule has 0 fully saturated rings. The molecule has 3 amide bonds. The van der Waals surface area contributed by atoms with Gasteiger partial charge >= 0.3 is 6.03 Å². The van der Waals surface area contributed by atoms with Crippen molar-refractivity contribution in [2.75, 3.05) is 16.0 Å². The first-order valence-electron chi connectivity index (χ1n) is 6.25. The third kappa shape index (κ3) is 4.31. The van der Waals surface area contributed by atoms with Crippen molar-refractivity contribution in [2.45, 2.75) is 6.92 Å². The van der Waals surface area contributed by atoms with E-state index in [4.69, 9.17) is 0 Å². The van der Waals surface area contributed by atoms with Crippen LogP contribution in [0.2, 0.25) is 0 Å². The number of hydrogen-bond acceptors (Lipinski definition) is 2. The maximum atomic E-state index is 13.4. The number of halogens is 1. The van der Waals surface area contributed by atoms with Crippen LogP contribution in [-0.4, -0.2) is 11.9 Å². The van der Waals surface area contributed by atoms with Gasteiger partial charge in [-0.3, -0.25) is 4.79 Å². The van der Waals surface area contributed by atoms with Gasteiger partial charge in [0.25, 0.3) is 0 Å². The minimum Gasteiger partial charge on any atom is -0.326 e. The number of nitrogens with one attached hydrogen (secondary N) is 3. The van der Waals surface area contributed by atoms with Crippen molar-refractivity contribution in [1.82, 2.24) is 0 Å². The summed E-state index contributed by atoms with van der Waals surface area (Å²) in [7, 11) is 0. The average molecular weight is 287 g/mol. The Balaban J connectivity index is 2.03. The number of hydrogen-bond donors (Lipinski definition) is 3. The van der Waals surface area contributed by atoms with Crippen LogP contribution in [0, 0.1) is 5.82 Å². The molecular formula is C15H14FN3O2. The number of rotatable bonds is 3. The smallest absolute Gasteiger partial charge is 0.323 e. The molecule has 0 atom stereocenters. The van der Waals surface area contributed by atoms with Crippen LogP contribution in [0.4, 0.5) is 26.2 Å². The Kier molecular flexibility index (Phi) is 4.50. The third-order valence-electron chi connectivity index (χ3n) is 2.56. The molecule has 2 aromatic carbocycles. The van der Waals surface area contributed by atoms with Gasteiger partial charge in [0.1, 0.15) is 5.82 Å². The number of para-hydroxylation sites is 1. The van der Waals surface area contributed by atoms with Gasteiger partial charge in [0.15, 0.2) is 0 Å². The van der Waals surface area contributed by atoms with Crippen molar-refractivity contribution in [3.05, 3.63) is 54.3 Å². The normalized spacial score (nSPS) is 9.81. The van der Waals surface area contributed by atoms with Crippen molar-refractivity contribution in [1.29, 1.82) is 0 Å². The number of amides is 3. The Hall–Kier alpha value is -2.89. The van der Waals surface area contributed by atoms with E-state index in [1.165, 1.54) is 25.1 Å². The van der Waals surface area contributed by atoms with Crippen LogP contribution in [0.3, 0.4) is 0 Å². The summed E-state index contributed by atoms with van der Waals surface area (Å²) in [6, 6.07) is 11.9. The molecule has 0 unspecified atom stereocenters. The fourth-order valence-corrected chi connectivity index (χ4v) is 1.73. The van der Waals surface area contributed by atoms with E-state index in [1.54, 1.807) is 30.3 Å². The zero-order chi connectivity index (χ0) is 15.2.